The zero-order valence-corrected chi connectivity index (χ0v) is 16.3. The lowest BCUT2D eigenvalue weighted by molar-refractivity contribution is 0.0453. The molecule has 1 N–H and O–H groups in total. The minimum absolute atomic E-state index is 0.162. The van der Waals surface area contributed by atoms with Crippen molar-refractivity contribution in [1.29, 1.82) is 0 Å². The molecule has 1 amide bonds. The van der Waals surface area contributed by atoms with E-state index in [1.165, 1.54) is 0 Å². The highest BCUT2D eigenvalue weighted by atomic mass is 127. The van der Waals surface area contributed by atoms with Crippen LogP contribution in [0.2, 0.25) is 5.02 Å². The molecule has 0 aromatic heterocycles. The quantitative estimate of drug-likeness (QED) is 0.458. The number of benzene rings is 2. The summed E-state index contributed by atoms with van der Waals surface area (Å²) in [5.41, 5.74) is 2.32. The number of carbonyl (C=O) groups is 1. The Hall–Kier alpha value is -1.15. The molecule has 0 bridgehead atoms. The second kappa shape index (κ2) is 9.98. The fourth-order valence-corrected chi connectivity index (χ4v) is 3.18. The number of nitrogens with one attached hydrogen (secondary N) is 1. The minimum Gasteiger partial charge on any atom is -0.379 e. The summed E-state index contributed by atoms with van der Waals surface area (Å²) in [6.07, 6.45) is 0. The molecular formula is C18H19ClINO3. The molecule has 2 aromatic rings. The molecule has 0 aliphatic rings. The first-order valence-electron chi connectivity index (χ1n) is 7.61. The summed E-state index contributed by atoms with van der Waals surface area (Å²) in [4.78, 5) is 12.4. The van der Waals surface area contributed by atoms with Gasteiger partial charge in [0, 0.05) is 20.9 Å². The molecule has 6 heteroatoms. The Balaban J connectivity index is 1.94. The molecule has 0 unspecified atom stereocenters. The second-order valence-corrected chi connectivity index (χ2v) is 6.63. The molecule has 0 spiro atoms. The minimum atomic E-state index is -0.162. The lowest BCUT2D eigenvalue weighted by Crippen LogP contribution is -2.13. The van der Waals surface area contributed by atoms with Crippen LogP contribution in [0.15, 0.2) is 42.5 Å². The van der Waals surface area contributed by atoms with Gasteiger partial charge in [-0.3, -0.25) is 4.79 Å². The summed E-state index contributed by atoms with van der Waals surface area (Å²) in [5.74, 6) is -0.162. The summed E-state index contributed by atoms with van der Waals surface area (Å²) in [5, 5.41) is 3.52. The maximum atomic E-state index is 12.4. The van der Waals surface area contributed by atoms with Crippen LogP contribution in [0.3, 0.4) is 0 Å². The molecule has 0 fully saturated rings. The molecule has 0 atom stereocenters. The third kappa shape index (κ3) is 6.05. The normalized spacial score (nSPS) is 10.6. The van der Waals surface area contributed by atoms with Crippen molar-refractivity contribution in [2.24, 2.45) is 0 Å². The van der Waals surface area contributed by atoms with E-state index in [2.05, 4.69) is 27.9 Å². The van der Waals surface area contributed by atoms with Crippen LogP contribution in [-0.2, 0) is 16.1 Å². The molecule has 0 aliphatic carbocycles. The number of hydrogen-bond donors (Lipinski definition) is 1. The van der Waals surface area contributed by atoms with E-state index in [0.717, 1.165) is 14.8 Å². The van der Waals surface area contributed by atoms with Crippen LogP contribution in [0.5, 0.6) is 0 Å². The van der Waals surface area contributed by atoms with Crippen LogP contribution >= 0.6 is 34.2 Å². The molecule has 2 aromatic carbocycles. The number of anilines is 1. The van der Waals surface area contributed by atoms with Crippen LogP contribution in [0.25, 0.3) is 0 Å². The maximum absolute atomic E-state index is 12.4. The third-order valence-electron chi connectivity index (χ3n) is 3.21. The van der Waals surface area contributed by atoms with Gasteiger partial charge in [-0.05, 0) is 65.4 Å². The van der Waals surface area contributed by atoms with Crippen LogP contribution < -0.4 is 5.32 Å². The summed E-state index contributed by atoms with van der Waals surface area (Å²) < 4.78 is 11.6. The first-order chi connectivity index (χ1) is 11.6. The van der Waals surface area contributed by atoms with Gasteiger partial charge in [0.05, 0.1) is 25.4 Å². The van der Waals surface area contributed by atoms with Crippen molar-refractivity contribution in [3.05, 3.63) is 62.2 Å². The molecule has 2 rings (SSSR count). The SMILES string of the molecule is CCOCCOCc1cccc(NC(=O)c2ccc(Cl)cc2I)c1. The number of carbonyl (C=O) groups excluding carboxylic acids is 1. The molecule has 4 nitrogen and oxygen atoms in total. The molecule has 0 heterocycles. The molecule has 0 saturated heterocycles. The zero-order chi connectivity index (χ0) is 17.4. The van der Waals surface area contributed by atoms with E-state index in [1.807, 2.05) is 31.2 Å². The van der Waals surface area contributed by atoms with E-state index in [0.29, 0.717) is 37.0 Å². The van der Waals surface area contributed by atoms with Crippen LogP contribution in [0.4, 0.5) is 5.69 Å². The first kappa shape index (κ1) is 19.2. The highest BCUT2D eigenvalue weighted by molar-refractivity contribution is 14.1. The van der Waals surface area contributed by atoms with Crippen LogP contribution in [0, 0.1) is 3.57 Å². The monoisotopic (exact) mass is 459 g/mol. The van der Waals surface area contributed by atoms with Crippen molar-refractivity contribution in [2.75, 3.05) is 25.1 Å². The van der Waals surface area contributed by atoms with Gasteiger partial charge in [-0.25, -0.2) is 0 Å². The van der Waals surface area contributed by atoms with Gasteiger partial charge in [-0.15, -0.1) is 0 Å². The third-order valence-corrected chi connectivity index (χ3v) is 4.33. The molecule has 24 heavy (non-hydrogen) atoms. The average Bonchev–Trinajstić information content (AvgIpc) is 2.55. The Kier molecular flexibility index (Phi) is 7.98. The lowest BCUT2D eigenvalue weighted by atomic mass is 10.2. The van der Waals surface area contributed by atoms with E-state index < -0.39 is 0 Å². The Morgan fingerprint density at radius 2 is 1.96 bits per heavy atom. The van der Waals surface area contributed by atoms with Crippen LogP contribution in [-0.4, -0.2) is 25.7 Å². The van der Waals surface area contributed by atoms with Crippen molar-refractivity contribution >= 4 is 45.8 Å². The summed E-state index contributed by atoms with van der Waals surface area (Å²) in [6.45, 7) is 4.26. The van der Waals surface area contributed by atoms with Crippen molar-refractivity contribution in [1.82, 2.24) is 0 Å². The van der Waals surface area contributed by atoms with E-state index in [4.69, 9.17) is 21.1 Å². The predicted octanol–water partition coefficient (Wildman–Crippen LogP) is 4.75. The Labute approximate surface area is 160 Å². The average molecular weight is 460 g/mol. The van der Waals surface area contributed by atoms with Gasteiger partial charge in [-0.2, -0.15) is 0 Å². The number of hydrogen-bond acceptors (Lipinski definition) is 3. The molecule has 0 radical (unpaired) electrons. The fraction of sp³-hybridized carbons (Fsp3) is 0.278. The van der Waals surface area contributed by atoms with Gasteiger partial charge in [0.25, 0.3) is 5.91 Å². The molecule has 0 aliphatic heterocycles. The van der Waals surface area contributed by atoms with Crippen molar-refractivity contribution in [3.8, 4) is 0 Å². The number of ether oxygens (including phenoxy) is 2. The standard InChI is InChI=1S/C18H19ClINO3/c1-2-23-8-9-24-12-13-4-3-5-15(10-13)21-18(22)16-7-6-14(19)11-17(16)20/h3-7,10-11H,2,8-9,12H2,1H3,(H,21,22). The van der Waals surface area contributed by atoms with E-state index in [1.54, 1.807) is 18.2 Å². The van der Waals surface area contributed by atoms with Crippen LogP contribution in [0.1, 0.15) is 22.8 Å². The lowest BCUT2D eigenvalue weighted by Gasteiger charge is -2.09. The fourth-order valence-electron chi connectivity index (χ4n) is 2.06. The highest BCUT2D eigenvalue weighted by Crippen LogP contribution is 2.20. The highest BCUT2D eigenvalue weighted by Gasteiger charge is 2.10. The summed E-state index contributed by atoms with van der Waals surface area (Å²) in [6, 6.07) is 12.8. The predicted molar refractivity (Wildman–Crippen MR) is 105 cm³/mol. The van der Waals surface area contributed by atoms with Crippen molar-refractivity contribution < 1.29 is 14.3 Å². The van der Waals surface area contributed by atoms with Gasteiger partial charge in [0.15, 0.2) is 0 Å². The second-order valence-electron chi connectivity index (χ2n) is 5.03. The van der Waals surface area contributed by atoms with E-state index in [9.17, 15) is 4.79 Å². The number of rotatable bonds is 8. The summed E-state index contributed by atoms with van der Waals surface area (Å²) >= 11 is 8.03. The van der Waals surface area contributed by atoms with Gasteiger partial charge in [0.2, 0.25) is 0 Å². The maximum Gasteiger partial charge on any atom is 0.256 e. The van der Waals surface area contributed by atoms with E-state index >= 15 is 0 Å². The smallest absolute Gasteiger partial charge is 0.256 e. The largest absolute Gasteiger partial charge is 0.379 e. The summed E-state index contributed by atoms with van der Waals surface area (Å²) in [7, 11) is 0. The molecular weight excluding hydrogens is 441 g/mol. The molecule has 128 valence electrons. The van der Waals surface area contributed by atoms with Gasteiger partial charge >= 0.3 is 0 Å². The van der Waals surface area contributed by atoms with Gasteiger partial charge in [0.1, 0.15) is 0 Å². The Bertz CT molecular complexity index is 694. The van der Waals surface area contributed by atoms with Crippen molar-refractivity contribution in [3.63, 3.8) is 0 Å². The van der Waals surface area contributed by atoms with Crippen molar-refractivity contribution in [2.45, 2.75) is 13.5 Å². The van der Waals surface area contributed by atoms with E-state index in [-0.39, 0.29) is 5.91 Å². The Morgan fingerprint density at radius 1 is 1.17 bits per heavy atom. The zero-order valence-electron chi connectivity index (χ0n) is 13.4. The van der Waals surface area contributed by atoms with Gasteiger partial charge in [-0.1, -0.05) is 23.7 Å². The number of amides is 1. The molecule has 0 saturated carbocycles. The first-order valence-corrected chi connectivity index (χ1v) is 9.06. The number of halogens is 2. The van der Waals surface area contributed by atoms with Gasteiger partial charge < -0.3 is 14.8 Å². The topological polar surface area (TPSA) is 47.6 Å². The Morgan fingerprint density at radius 3 is 2.71 bits per heavy atom.